The average molecular weight is 646 g/mol. The predicted octanol–water partition coefficient (Wildman–Crippen LogP) is 3.03. The van der Waals surface area contributed by atoms with Gasteiger partial charge < -0.3 is 31.0 Å². The van der Waals surface area contributed by atoms with Crippen LogP contribution >= 0.6 is 23.7 Å². The number of thiazole rings is 1. The molecule has 4 bridgehead atoms. The molecular formula is C30H40ClN7O5S. The van der Waals surface area contributed by atoms with E-state index in [0.29, 0.717) is 11.4 Å². The minimum atomic E-state index is -0.866. The van der Waals surface area contributed by atoms with Gasteiger partial charge in [-0.2, -0.15) is 0 Å². The molecule has 14 heteroatoms. The summed E-state index contributed by atoms with van der Waals surface area (Å²) < 4.78 is 5.67. The molecule has 0 unspecified atom stereocenters. The Hall–Kier alpha value is -3.81. The molecule has 0 spiro atoms. The molecule has 238 valence electrons. The number of halogens is 1. The van der Waals surface area contributed by atoms with Gasteiger partial charge in [0, 0.05) is 24.9 Å². The van der Waals surface area contributed by atoms with E-state index >= 15 is 0 Å². The molecule has 12 nitrogen and oxygen atoms in total. The number of hydrogen-bond donors (Lipinski definition) is 4. The lowest BCUT2D eigenvalue weighted by molar-refractivity contribution is -0.139. The molecule has 0 fully saturated rings. The lowest BCUT2D eigenvalue weighted by atomic mass is 9.86. The number of aromatic nitrogens is 2. The third-order valence-electron chi connectivity index (χ3n) is 7.16. The summed E-state index contributed by atoms with van der Waals surface area (Å²) in [4.78, 5) is 63.2. The Morgan fingerprint density at radius 2 is 1.80 bits per heavy atom. The van der Waals surface area contributed by atoms with E-state index in [1.807, 2.05) is 65.0 Å². The van der Waals surface area contributed by atoms with Gasteiger partial charge in [-0.3, -0.25) is 19.2 Å². The van der Waals surface area contributed by atoms with Crippen LogP contribution in [0.2, 0.25) is 0 Å². The van der Waals surface area contributed by atoms with Crippen LogP contribution in [0.1, 0.15) is 84.1 Å². The minimum absolute atomic E-state index is 0. The highest BCUT2D eigenvalue weighted by Crippen LogP contribution is 2.26. The average Bonchev–Trinajstić information content (AvgIpc) is 3.64. The maximum atomic E-state index is 13.4. The van der Waals surface area contributed by atoms with Gasteiger partial charge in [-0.15, -0.1) is 23.7 Å². The van der Waals surface area contributed by atoms with Gasteiger partial charge in [0.15, 0.2) is 5.69 Å². The molecule has 1 aromatic carbocycles. The van der Waals surface area contributed by atoms with E-state index in [1.54, 1.807) is 5.38 Å². The van der Waals surface area contributed by atoms with Crippen molar-refractivity contribution in [2.75, 3.05) is 19.6 Å². The SMILES string of the molecule is CC(C)[C@@H]1NC(=O)CN(C(=O)[C@@H](N)C(C)(C)C)CCNC(=O)c2coc(n2)[C@H](Cc2ccccc2)NC(=O)c2csc1n2.Cl. The monoisotopic (exact) mass is 645 g/mol. The summed E-state index contributed by atoms with van der Waals surface area (Å²) in [5.41, 5.74) is 6.84. The van der Waals surface area contributed by atoms with E-state index in [0.717, 1.165) is 5.56 Å². The highest BCUT2D eigenvalue weighted by molar-refractivity contribution is 7.09. The fraction of sp³-hybridized carbons (Fsp3) is 0.467. The summed E-state index contributed by atoms with van der Waals surface area (Å²) in [6.45, 7) is 9.23. The molecule has 2 aromatic heterocycles. The second-order valence-corrected chi connectivity index (χ2v) is 12.9. The maximum Gasteiger partial charge on any atom is 0.273 e. The van der Waals surface area contributed by atoms with E-state index < -0.39 is 47.2 Å². The van der Waals surface area contributed by atoms with Crippen molar-refractivity contribution in [2.45, 2.75) is 59.2 Å². The first-order valence-corrected chi connectivity index (χ1v) is 15.1. The lowest BCUT2D eigenvalue weighted by Gasteiger charge is -2.32. The molecule has 44 heavy (non-hydrogen) atoms. The van der Waals surface area contributed by atoms with Crippen molar-refractivity contribution >= 4 is 47.4 Å². The molecule has 4 amide bonds. The van der Waals surface area contributed by atoms with E-state index in [9.17, 15) is 19.2 Å². The summed E-state index contributed by atoms with van der Waals surface area (Å²) in [5, 5.41) is 10.8. The molecule has 0 aliphatic carbocycles. The zero-order valence-corrected chi connectivity index (χ0v) is 27.1. The Kier molecular flexibility index (Phi) is 11.6. The maximum absolute atomic E-state index is 13.4. The van der Waals surface area contributed by atoms with Crippen LogP contribution in [0.3, 0.4) is 0 Å². The second kappa shape index (κ2) is 14.8. The zero-order chi connectivity index (χ0) is 31.3. The lowest BCUT2D eigenvalue weighted by Crippen LogP contribution is -2.54. The van der Waals surface area contributed by atoms with Gasteiger partial charge >= 0.3 is 0 Å². The van der Waals surface area contributed by atoms with E-state index in [4.69, 9.17) is 10.2 Å². The van der Waals surface area contributed by atoms with Gasteiger partial charge in [0.1, 0.15) is 23.0 Å². The van der Waals surface area contributed by atoms with Crippen LogP contribution in [0.4, 0.5) is 0 Å². The largest absolute Gasteiger partial charge is 0.446 e. The minimum Gasteiger partial charge on any atom is -0.446 e. The first-order chi connectivity index (χ1) is 20.3. The summed E-state index contributed by atoms with van der Waals surface area (Å²) in [7, 11) is 0. The molecule has 5 N–H and O–H groups in total. The van der Waals surface area contributed by atoms with E-state index in [-0.39, 0.29) is 55.2 Å². The van der Waals surface area contributed by atoms with E-state index in [2.05, 4.69) is 25.9 Å². The number of oxazole rings is 1. The highest BCUT2D eigenvalue weighted by atomic mass is 35.5. The summed E-state index contributed by atoms with van der Waals surface area (Å²) in [6.07, 6.45) is 1.59. The smallest absolute Gasteiger partial charge is 0.273 e. The number of hydrogen-bond acceptors (Lipinski definition) is 9. The number of fused-ring (bicyclic) bond motifs is 4. The number of amides is 4. The van der Waals surface area contributed by atoms with Crippen molar-refractivity contribution in [3.05, 3.63) is 69.8 Å². The van der Waals surface area contributed by atoms with Crippen LogP contribution in [0, 0.1) is 11.3 Å². The standard InChI is InChI=1S/C30H39N7O5S.ClH/c1-17(2)23-28-35-21(16-43-28)26(40)33-19(13-18-9-7-6-8-10-18)27-34-20(15-42-27)25(39)32-11-12-37(14-22(38)36-23)29(41)24(31)30(3,4)5;/h6-10,15-17,19,23-24H,11-14,31H2,1-5H3,(H,32,39)(H,33,40)(H,36,38);1H/t19-,23-,24+;/m0./s1. The van der Waals surface area contributed by atoms with Crippen molar-refractivity contribution < 1.29 is 23.6 Å². The number of benzene rings is 1. The van der Waals surface area contributed by atoms with Crippen LogP contribution in [-0.4, -0.2) is 64.2 Å². The van der Waals surface area contributed by atoms with Crippen molar-refractivity contribution in [2.24, 2.45) is 17.1 Å². The first-order valence-electron chi connectivity index (χ1n) is 14.2. The van der Waals surface area contributed by atoms with Crippen molar-refractivity contribution in [3.8, 4) is 0 Å². The molecule has 4 rings (SSSR count). The fourth-order valence-electron chi connectivity index (χ4n) is 4.50. The number of nitrogens with zero attached hydrogens (tertiary/aromatic N) is 3. The van der Waals surface area contributed by atoms with Crippen LogP contribution in [-0.2, 0) is 16.0 Å². The summed E-state index contributed by atoms with van der Waals surface area (Å²) in [6, 6.07) is 7.46. The number of carbonyl (C=O) groups excluding carboxylic acids is 4. The Balaban J connectivity index is 0.00000529. The van der Waals surface area contributed by atoms with Gasteiger partial charge in [-0.05, 0) is 16.9 Å². The van der Waals surface area contributed by atoms with E-state index in [1.165, 1.54) is 22.5 Å². The Morgan fingerprint density at radius 3 is 2.45 bits per heavy atom. The van der Waals surface area contributed by atoms with Gasteiger partial charge in [0.25, 0.3) is 11.8 Å². The molecule has 3 heterocycles. The summed E-state index contributed by atoms with van der Waals surface area (Å²) in [5.74, 6) is -1.69. The van der Waals surface area contributed by atoms with Gasteiger partial charge in [-0.1, -0.05) is 65.0 Å². The highest BCUT2D eigenvalue weighted by Gasteiger charge is 2.33. The number of nitrogens with one attached hydrogen (secondary N) is 3. The molecule has 3 aromatic rings. The zero-order valence-electron chi connectivity index (χ0n) is 25.5. The third kappa shape index (κ3) is 8.64. The first kappa shape index (κ1) is 34.7. The number of carbonyl (C=O) groups is 4. The van der Waals surface area contributed by atoms with Crippen LogP contribution in [0.15, 0.2) is 46.4 Å². The van der Waals surface area contributed by atoms with Crippen molar-refractivity contribution in [3.63, 3.8) is 0 Å². The molecule has 0 saturated carbocycles. The topological polar surface area (TPSA) is 173 Å². The molecule has 1 aliphatic rings. The number of rotatable bonds is 4. The molecular weight excluding hydrogens is 606 g/mol. The molecule has 0 radical (unpaired) electrons. The Bertz CT molecular complexity index is 1450. The quantitative estimate of drug-likeness (QED) is 0.335. The third-order valence-corrected chi connectivity index (χ3v) is 8.08. The second-order valence-electron chi connectivity index (χ2n) is 12.0. The van der Waals surface area contributed by atoms with Crippen molar-refractivity contribution in [1.29, 1.82) is 0 Å². The van der Waals surface area contributed by atoms with Gasteiger partial charge in [-0.25, -0.2) is 9.97 Å². The Labute approximate surface area is 267 Å². The van der Waals surface area contributed by atoms with Crippen LogP contribution in [0.25, 0.3) is 0 Å². The molecule has 0 saturated heterocycles. The van der Waals surface area contributed by atoms with Crippen molar-refractivity contribution in [1.82, 2.24) is 30.8 Å². The molecule has 1 aliphatic heterocycles. The van der Waals surface area contributed by atoms with Crippen LogP contribution in [0.5, 0.6) is 0 Å². The van der Waals surface area contributed by atoms with Gasteiger partial charge in [0.05, 0.1) is 18.6 Å². The van der Waals surface area contributed by atoms with Gasteiger partial charge in [0.2, 0.25) is 17.7 Å². The summed E-state index contributed by atoms with van der Waals surface area (Å²) >= 11 is 1.26. The van der Waals surface area contributed by atoms with Crippen LogP contribution < -0.4 is 21.7 Å². The Morgan fingerprint density at radius 1 is 1.09 bits per heavy atom. The normalized spacial score (nSPS) is 19.2. The number of nitrogens with two attached hydrogens (primary N) is 1. The fourth-order valence-corrected chi connectivity index (χ4v) is 5.52. The molecule has 3 atom stereocenters. The predicted molar refractivity (Wildman–Crippen MR) is 168 cm³/mol.